The molecular weight excluding hydrogens is 392 g/mol. The molecule has 0 bridgehead atoms. The Morgan fingerprint density at radius 3 is 2.37 bits per heavy atom. The minimum absolute atomic E-state index is 0.0745. The van der Waals surface area contributed by atoms with Crippen molar-refractivity contribution in [3.8, 4) is 11.6 Å². The van der Waals surface area contributed by atoms with Gasteiger partial charge in [-0.3, -0.25) is 0 Å². The van der Waals surface area contributed by atoms with Gasteiger partial charge in [-0.15, -0.1) is 0 Å². The van der Waals surface area contributed by atoms with Gasteiger partial charge < -0.3 is 14.4 Å². The fourth-order valence-electron chi connectivity index (χ4n) is 2.94. The van der Waals surface area contributed by atoms with Crippen molar-refractivity contribution in [1.29, 1.82) is 0 Å². The quantitative estimate of drug-likeness (QED) is 0.742. The van der Waals surface area contributed by atoms with E-state index in [1.54, 1.807) is 32.2 Å². The van der Waals surface area contributed by atoms with Crippen LogP contribution in [-0.2, 0) is 10.0 Å². The molecule has 0 saturated carbocycles. The van der Waals surface area contributed by atoms with E-state index in [0.717, 1.165) is 5.82 Å². The fourth-order valence-corrected chi connectivity index (χ4v) is 4.78. The fraction of sp³-hybridized carbons (Fsp3) is 0.412. The summed E-state index contributed by atoms with van der Waals surface area (Å²) in [6.07, 6.45) is 0. The average molecular weight is 413 g/mol. The lowest BCUT2D eigenvalue weighted by molar-refractivity contribution is 0.372. The normalized spacial score (nSPS) is 15.6. The third-order valence-electron chi connectivity index (χ3n) is 4.32. The molecule has 0 N–H and O–H groups in total. The van der Waals surface area contributed by atoms with Crippen LogP contribution in [0.1, 0.15) is 5.82 Å². The highest BCUT2D eigenvalue weighted by atomic mass is 35.5. The molecule has 1 fully saturated rings. The third-order valence-corrected chi connectivity index (χ3v) is 6.47. The van der Waals surface area contributed by atoms with Crippen LogP contribution >= 0.6 is 11.6 Å². The molecule has 10 heteroatoms. The van der Waals surface area contributed by atoms with Gasteiger partial charge in [-0.1, -0.05) is 11.6 Å². The van der Waals surface area contributed by atoms with E-state index in [0.29, 0.717) is 42.9 Å². The highest BCUT2D eigenvalue weighted by Gasteiger charge is 2.31. The van der Waals surface area contributed by atoms with Crippen LogP contribution in [0.2, 0.25) is 5.02 Å². The van der Waals surface area contributed by atoms with Gasteiger partial charge in [0.1, 0.15) is 22.3 Å². The molecule has 0 spiro atoms. The van der Waals surface area contributed by atoms with Crippen LogP contribution in [0, 0.1) is 6.92 Å². The molecule has 0 unspecified atom stereocenters. The number of halogens is 1. The predicted octanol–water partition coefficient (Wildman–Crippen LogP) is 1.97. The van der Waals surface area contributed by atoms with E-state index >= 15 is 0 Å². The van der Waals surface area contributed by atoms with Gasteiger partial charge in [0.15, 0.2) is 0 Å². The number of piperazine rings is 1. The summed E-state index contributed by atoms with van der Waals surface area (Å²) in [6.45, 7) is 3.44. The van der Waals surface area contributed by atoms with Crippen molar-refractivity contribution in [2.45, 2.75) is 11.8 Å². The Balaban J connectivity index is 1.79. The Morgan fingerprint density at radius 2 is 1.74 bits per heavy atom. The lowest BCUT2D eigenvalue weighted by Gasteiger charge is -2.35. The van der Waals surface area contributed by atoms with Crippen LogP contribution in [0.25, 0.3) is 0 Å². The van der Waals surface area contributed by atoms with E-state index in [9.17, 15) is 8.42 Å². The molecule has 1 saturated heterocycles. The third kappa shape index (κ3) is 4.10. The maximum Gasteiger partial charge on any atom is 0.246 e. The van der Waals surface area contributed by atoms with Crippen molar-refractivity contribution < 1.29 is 17.9 Å². The van der Waals surface area contributed by atoms with Gasteiger partial charge in [0, 0.05) is 37.3 Å². The first-order valence-corrected chi connectivity index (χ1v) is 10.2. The van der Waals surface area contributed by atoms with E-state index < -0.39 is 10.0 Å². The first kappa shape index (κ1) is 19.7. The summed E-state index contributed by atoms with van der Waals surface area (Å²) in [7, 11) is -0.729. The second kappa shape index (κ2) is 7.87. The van der Waals surface area contributed by atoms with Gasteiger partial charge in [-0.05, 0) is 25.1 Å². The van der Waals surface area contributed by atoms with Gasteiger partial charge in [-0.2, -0.15) is 9.29 Å². The molecule has 8 nitrogen and oxygen atoms in total. The summed E-state index contributed by atoms with van der Waals surface area (Å²) in [5.74, 6) is 2.08. The minimum Gasteiger partial charge on any atom is -0.495 e. The number of hydrogen-bond acceptors (Lipinski definition) is 7. The van der Waals surface area contributed by atoms with E-state index in [-0.39, 0.29) is 10.6 Å². The lowest BCUT2D eigenvalue weighted by atomic mass is 10.3. The summed E-state index contributed by atoms with van der Waals surface area (Å²) in [6, 6.07) is 6.32. The van der Waals surface area contributed by atoms with Gasteiger partial charge in [-0.25, -0.2) is 13.4 Å². The molecule has 0 atom stereocenters. The van der Waals surface area contributed by atoms with Crippen molar-refractivity contribution in [1.82, 2.24) is 14.3 Å². The second-order valence-electron chi connectivity index (χ2n) is 6.00. The summed E-state index contributed by atoms with van der Waals surface area (Å²) in [5, 5.41) is 0.344. The zero-order valence-electron chi connectivity index (χ0n) is 15.3. The molecule has 27 heavy (non-hydrogen) atoms. The number of nitrogens with zero attached hydrogens (tertiary/aromatic N) is 4. The molecule has 0 aliphatic carbocycles. The highest BCUT2D eigenvalue weighted by molar-refractivity contribution is 7.89. The van der Waals surface area contributed by atoms with Crippen molar-refractivity contribution in [2.24, 2.45) is 0 Å². The number of hydrogen-bond donors (Lipinski definition) is 0. The molecule has 0 radical (unpaired) electrons. The number of anilines is 1. The van der Waals surface area contributed by atoms with Gasteiger partial charge in [0.05, 0.1) is 14.2 Å². The Kier molecular flexibility index (Phi) is 5.73. The topological polar surface area (TPSA) is 84.9 Å². The lowest BCUT2D eigenvalue weighted by Crippen LogP contribution is -2.49. The maximum absolute atomic E-state index is 13.0. The first-order valence-electron chi connectivity index (χ1n) is 8.33. The zero-order chi connectivity index (χ0) is 19.6. The predicted molar refractivity (Wildman–Crippen MR) is 102 cm³/mol. The Labute approximate surface area is 163 Å². The van der Waals surface area contributed by atoms with Crippen LogP contribution in [-0.4, -0.2) is 63.1 Å². The number of benzene rings is 1. The molecule has 0 amide bonds. The van der Waals surface area contributed by atoms with Crippen LogP contribution < -0.4 is 14.4 Å². The van der Waals surface area contributed by atoms with E-state index in [2.05, 4.69) is 9.97 Å². The van der Waals surface area contributed by atoms with Gasteiger partial charge in [0.25, 0.3) is 0 Å². The van der Waals surface area contributed by atoms with Crippen molar-refractivity contribution in [3.05, 3.63) is 35.1 Å². The maximum atomic E-state index is 13.0. The molecule has 146 valence electrons. The SMILES string of the molecule is COc1cc(N2CCN(S(=O)(=O)c3cc(Cl)ccc3OC)CC2)nc(C)n1. The van der Waals surface area contributed by atoms with Crippen molar-refractivity contribution in [2.75, 3.05) is 45.3 Å². The van der Waals surface area contributed by atoms with E-state index in [4.69, 9.17) is 21.1 Å². The largest absolute Gasteiger partial charge is 0.495 e. The monoisotopic (exact) mass is 412 g/mol. The molecule has 1 aliphatic rings. The molecule has 2 heterocycles. The Morgan fingerprint density at radius 1 is 1.04 bits per heavy atom. The molecular formula is C17H21ClN4O4S. The highest BCUT2D eigenvalue weighted by Crippen LogP contribution is 2.30. The number of rotatable bonds is 5. The zero-order valence-corrected chi connectivity index (χ0v) is 16.9. The smallest absolute Gasteiger partial charge is 0.246 e. The van der Waals surface area contributed by atoms with Crippen LogP contribution in [0.15, 0.2) is 29.2 Å². The summed E-state index contributed by atoms with van der Waals surface area (Å²) >= 11 is 5.99. The minimum atomic E-state index is -3.71. The molecule has 1 aromatic heterocycles. The van der Waals surface area contributed by atoms with Crippen LogP contribution in [0.4, 0.5) is 5.82 Å². The summed E-state index contributed by atoms with van der Waals surface area (Å²) < 4.78 is 37.9. The van der Waals surface area contributed by atoms with Crippen LogP contribution in [0.5, 0.6) is 11.6 Å². The number of ether oxygens (including phenoxy) is 2. The Bertz CT molecular complexity index is 931. The average Bonchev–Trinajstić information content (AvgIpc) is 2.67. The number of aromatic nitrogens is 2. The molecule has 1 aromatic carbocycles. The van der Waals surface area contributed by atoms with Gasteiger partial charge in [0.2, 0.25) is 15.9 Å². The summed E-state index contributed by atoms with van der Waals surface area (Å²) in [5.41, 5.74) is 0. The van der Waals surface area contributed by atoms with E-state index in [1.807, 2.05) is 4.90 Å². The van der Waals surface area contributed by atoms with Crippen molar-refractivity contribution >= 4 is 27.4 Å². The first-order chi connectivity index (χ1) is 12.8. The Hall–Kier alpha value is -2.10. The van der Waals surface area contributed by atoms with Gasteiger partial charge >= 0.3 is 0 Å². The summed E-state index contributed by atoms with van der Waals surface area (Å²) in [4.78, 5) is 10.7. The molecule has 2 aromatic rings. The molecule has 3 rings (SSSR count). The number of methoxy groups -OCH3 is 2. The standard InChI is InChI=1S/C17H21ClN4O4S/c1-12-19-16(11-17(20-12)26-3)21-6-8-22(9-7-21)27(23,24)15-10-13(18)4-5-14(15)25-2/h4-5,10-11H,6-9H2,1-3H3. The van der Waals surface area contributed by atoms with Crippen LogP contribution in [0.3, 0.4) is 0 Å². The number of sulfonamides is 1. The number of aryl methyl sites for hydroxylation is 1. The molecule has 1 aliphatic heterocycles. The second-order valence-corrected chi connectivity index (χ2v) is 8.34. The van der Waals surface area contributed by atoms with Crippen molar-refractivity contribution in [3.63, 3.8) is 0 Å². The van der Waals surface area contributed by atoms with E-state index in [1.165, 1.54) is 17.5 Å².